The van der Waals surface area contributed by atoms with Gasteiger partial charge in [0.1, 0.15) is 0 Å². The monoisotopic (exact) mass is 317 g/mol. The molecular formula is C12H19N3O5S. The fourth-order valence-corrected chi connectivity index (χ4v) is 2.80. The standard InChI is InChI=1S/C12H19N3O5S/c1-3-12(13,4-2)8-14-21(19,20)9-5-6-11(16)10(7-9)15(17)18/h5-7,14,16H,3-4,8,13H2,1-2H3. The number of hydrogen-bond donors (Lipinski definition) is 3. The van der Waals surface area contributed by atoms with Crippen molar-refractivity contribution in [1.29, 1.82) is 0 Å². The lowest BCUT2D eigenvalue weighted by Crippen LogP contribution is -2.49. The van der Waals surface area contributed by atoms with E-state index in [0.717, 1.165) is 18.2 Å². The number of nitrogens with zero attached hydrogens (tertiary/aromatic N) is 1. The lowest BCUT2D eigenvalue weighted by molar-refractivity contribution is -0.386. The summed E-state index contributed by atoms with van der Waals surface area (Å²) in [4.78, 5) is 9.58. The Morgan fingerprint density at radius 3 is 2.43 bits per heavy atom. The van der Waals surface area contributed by atoms with Gasteiger partial charge in [-0.05, 0) is 25.0 Å². The molecule has 0 radical (unpaired) electrons. The van der Waals surface area contributed by atoms with Crippen LogP contribution in [0.1, 0.15) is 26.7 Å². The zero-order valence-electron chi connectivity index (χ0n) is 11.9. The van der Waals surface area contributed by atoms with Gasteiger partial charge in [-0.2, -0.15) is 0 Å². The van der Waals surface area contributed by atoms with Crippen LogP contribution < -0.4 is 10.5 Å². The molecule has 0 fully saturated rings. The van der Waals surface area contributed by atoms with E-state index in [1.165, 1.54) is 0 Å². The summed E-state index contributed by atoms with van der Waals surface area (Å²) in [5.41, 5.74) is 4.67. The van der Waals surface area contributed by atoms with Crippen molar-refractivity contribution in [3.05, 3.63) is 28.3 Å². The molecule has 0 aromatic heterocycles. The van der Waals surface area contributed by atoms with Gasteiger partial charge in [0.2, 0.25) is 10.0 Å². The highest BCUT2D eigenvalue weighted by Gasteiger charge is 2.26. The predicted octanol–water partition coefficient (Wildman–Crippen LogP) is 1.10. The highest BCUT2D eigenvalue weighted by atomic mass is 32.2. The minimum absolute atomic E-state index is 0.0248. The maximum absolute atomic E-state index is 12.1. The minimum atomic E-state index is -3.93. The van der Waals surface area contributed by atoms with Gasteiger partial charge in [-0.15, -0.1) is 0 Å². The highest BCUT2D eigenvalue weighted by molar-refractivity contribution is 7.89. The fourth-order valence-electron chi connectivity index (χ4n) is 1.64. The predicted molar refractivity (Wildman–Crippen MR) is 77.5 cm³/mol. The highest BCUT2D eigenvalue weighted by Crippen LogP contribution is 2.28. The van der Waals surface area contributed by atoms with Crippen molar-refractivity contribution in [1.82, 2.24) is 4.72 Å². The number of nitro benzene ring substituents is 1. The molecule has 1 aromatic rings. The first-order chi connectivity index (χ1) is 9.65. The van der Waals surface area contributed by atoms with Crippen LogP contribution in [0.5, 0.6) is 5.75 Å². The van der Waals surface area contributed by atoms with Crippen molar-refractivity contribution in [3.8, 4) is 5.75 Å². The quantitative estimate of drug-likeness (QED) is 0.509. The Labute approximate surface area is 123 Å². The first-order valence-corrected chi connectivity index (χ1v) is 7.89. The molecule has 21 heavy (non-hydrogen) atoms. The van der Waals surface area contributed by atoms with Crippen molar-refractivity contribution < 1.29 is 18.4 Å². The lowest BCUT2D eigenvalue weighted by atomic mass is 9.95. The molecule has 0 unspecified atom stereocenters. The molecule has 9 heteroatoms. The van der Waals surface area contributed by atoms with Gasteiger partial charge >= 0.3 is 5.69 Å². The van der Waals surface area contributed by atoms with Crippen LogP contribution in [0.3, 0.4) is 0 Å². The number of benzene rings is 1. The number of nitro groups is 1. The summed E-state index contributed by atoms with van der Waals surface area (Å²) in [7, 11) is -3.93. The van der Waals surface area contributed by atoms with E-state index in [1.807, 2.05) is 13.8 Å². The maximum Gasteiger partial charge on any atom is 0.312 e. The van der Waals surface area contributed by atoms with E-state index in [9.17, 15) is 23.6 Å². The van der Waals surface area contributed by atoms with Gasteiger partial charge in [0.05, 0.1) is 9.82 Å². The van der Waals surface area contributed by atoms with Gasteiger partial charge in [0, 0.05) is 18.2 Å². The summed E-state index contributed by atoms with van der Waals surface area (Å²) in [6.45, 7) is 3.73. The molecule has 0 aliphatic carbocycles. The lowest BCUT2D eigenvalue weighted by Gasteiger charge is -2.26. The van der Waals surface area contributed by atoms with E-state index >= 15 is 0 Å². The van der Waals surface area contributed by atoms with Crippen LogP contribution in [0.2, 0.25) is 0 Å². The normalized spacial score (nSPS) is 12.3. The number of rotatable bonds is 7. The van der Waals surface area contributed by atoms with Crippen molar-refractivity contribution in [2.24, 2.45) is 5.73 Å². The molecule has 0 saturated heterocycles. The molecule has 0 aliphatic rings. The van der Waals surface area contributed by atoms with Gasteiger partial charge in [-0.25, -0.2) is 13.1 Å². The third-order valence-corrected chi connectivity index (χ3v) is 4.88. The Bertz CT molecular complexity index is 626. The van der Waals surface area contributed by atoms with E-state index < -0.39 is 31.9 Å². The molecule has 4 N–H and O–H groups in total. The van der Waals surface area contributed by atoms with Crippen molar-refractivity contribution >= 4 is 15.7 Å². The Kier molecular flexibility index (Phi) is 5.26. The SMILES string of the molecule is CCC(N)(CC)CNS(=O)(=O)c1ccc(O)c([N+](=O)[O-])c1. The van der Waals surface area contributed by atoms with E-state index in [1.54, 1.807) is 0 Å². The van der Waals surface area contributed by atoms with Gasteiger partial charge in [0.25, 0.3) is 0 Å². The van der Waals surface area contributed by atoms with Crippen molar-refractivity contribution in [2.45, 2.75) is 37.1 Å². The number of aromatic hydroxyl groups is 1. The fraction of sp³-hybridized carbons (Fsp3) is 0.500. The van der Waals surface area contributed by atoms with Crippen LogP contribution in [-0.4, -0.2) is 30.5 Å². The van der Waals surface area contributed by atoms with Crippen LogP contribution in [-0.2, 0) is 10.0 Å². The maximum atomic E-state index is 12.1. The zero-order valence-corrected chi connectivity index (χ0v) is 12.7. The smallest absolute Gasteiger partial charge is 0.312 e. The molecule has 1 aromatic carbocycles. The van der Waals surface area contributed by atoms with Gasteiger partial charge in [0.15, 0.2) is 5.75 Å². The molecule has 0 saturated carbocycles. The van der Waals surface area contributed by atoms with Crippen molar-refractivity contribution in [3.63, 3.8) is 0 Å². The Balaban J connectivity index is 3.04. The number of sulfonamides is 1. The van der Waals surface area contributed by atoms with Crippen LogP contribution in [0.25, 0.3) is 0 Å². The molecule has 8 nitrogen and oxygen atoms in total. The molecule has 0 amide bonds. The number of hydrogen-bond acceptors (Lipinski definition) is 6. The average molecular weight is 317 g/mol. The molecular weight excluding hydrogens is 298 g/mol. The molecule has 0 heterocycles. The van der Waals surface area contributed by atoms with Gasteiger partial charge in [-0.3, -0.25) is 10.1 Å². The van der Waals surface area contributed by atoms with Crippen molar-refractivity contribution in [2.75, 3.05) is 6.54 Å². The second-order valence-electron chi connectivity index (χ2n) is 4.80. The zero-order chi connectivity index (χ0) is 16.3. The largest absolute Gasteiger partial charge is 0.502 e. The third-order valence-electron chi connectivity index (χ3n) is 3.48. The van der Waals surface area contributed by atoms with E-state index in [4.69, 9.17) is 5.73 Å². The topological polar surface area (TPSA) is 136 Å². The third kappa shape index (κ3) is 4.13. The van der Waals surface area contributed by atoms with Crippen LogP contribution in [0, 0.1) is 10.1 Å². The first kappa shape index (κ1) is 17.3. The second-order valence-corrected chi connectivity index (χ2v) is 6.57. The summed E-state index contributed by atoms with van der Waals surface area (Å²) in [5.74, 6) is -0.589. The molecule has 118 valence electrons. The van der Waals surface area contributed by atoms with E-state index in [2.05, 4.69) is 4.72 Å². The number of nitrogens with two attached hydrogens (primary N) is 1. The summed E-state index contributed by atoms with van der Waals surface area (Å²) in [6.07, 6.45) is 1.17. The molecule has 1 rings (SSSR count). The van der Waals surface area contributed by atoms with Crippen LogP contribution in [0.4, 0.5) is 5.69 Å². The summed E-state index contributed by atoms with van der Waals surface area (Å²) < 4.78 is 26.6. The summed E-state index contributed by atoms with van der Waals surface area (Å²) >= 11 is 0. The Hall–Kier alpha value is -1.71. The van der Waals surface area contributed by atoms with Crippen LogP contribution >= 0.6 is 0 Å². The molecule has 0 spiro atoms. The summed E-state index contributed by atoms with van der Waals surface area (Å²) in [5, 5.41) is 20.1. The number of phenolic OH excluding ortho intramolecular Hbond substituents is 1. The Morgan fingerprint density at radius 2 is 1.95 bits per heavy atom. The van der Waals surface area contributed by atoms with E-state index in [-0.39, 0.29) is 11.4 Å². The average Bonchev–Trinajstić information content (AvgIpc) is 2.45. The van der Waals surface area contributed by atoms with E-state index in [0.29, 0.717) is 12.8 Å². The number of phenols is 1. The molecule has 0 atom stereocenters. The van der Waals surface area contributed by atoms with Gasteiger partial charge < -0.3 is 10.8 Å². The first-order valence-electron chi connectivity index (χ1n) is 6.41. The Morgan fingerprint density at radius 1 is 1.38 bits per heavy atom. The minimum Gasteiger partial charge on any atom is -0.502 e. The van der Waals surface area contributed by atoms with Crippen LogP contribution in [0.15, 0.2) is 23.1 Å². The summed E-state index contributed by atoms with van der Waals surface area (Å²) in [6, 6.07) is 2.89. The molecule has 0 bridgehead atoms. The molecule has 0 aliphatic heterocycles. The van der Waals surface area contributed by atoms with Gasteiger partial charge in [-0.1, -0.05) is 13.8 Å². The second kappa shape index (κ2) is 6.37. The number of nitrogens with one attached hydrogen (secondary N) is 1.